The van der Waals surface area contributed by atoms with Crippen molar-refractivity contribution in [1.82, 2.24) is 4.98 Å². The van der Waals surface area contributed by atoms with Crippen molar-refractivity contribution in [2.75, 3.05) is 13.2 Å². The second kappa shape index (κ2) is 4.49. The van der Waals surface area contributed by atoms with Crippen molar-refractivity contribution in [2.45, 2.75) is 19.4 Å². The molecule has 0 spiro atoms. The first-order chi connectivity index (χ1) is 7.69. The number of hydrogen-bond acceptors (Lipinski definition) is 4. The lowest BCUT2D eigenvalue weighted by Crippen LogP contribution is -2.38. The zero-order chi connectivity index (χ0) is 11.5. The maximum absolute atomic E-state index is 10.9. The summed E-state index contributed by atoms with van der Waals surface area (Å²) in [6.07, 6.45) is 0.680. The molecular weight excluding hydrogens is 210 g/mol. The Morgan fingerprint density at radius 2 is 2.38 bits per heavy atom. The Balaban J connectivity index is 2.21. The molecule has 0 unspecified atom stereocenters. The highest BCUT2D eigenvalue weighted by atomic mass is 16.6. The predicted octanol–water partition coefficient (Wildman–Crippen LogP) is 1.12. The number of hydrogen-bond donors (Lipinski definition) is 1. The molecule has 86 valence electrons. The maximum Gasteiger partial charge on any atom is 0.335 e. The Hall–Kier alpha value is -1.62. The molecule has 16 heavy (non-hydrogen) atoms. The van der Waals surface area contributed by atoms with Gasteiger partial charge in [-0.3, -0.25) is 0 Å². The fraction of sp³-hybridized carbons (Fsp3) is 0.455. The van der Waals surface area contributed by atoms with E-state index in [1.807, 2.05) is 6.92 Å². The van der Waals surface area contributed by atoms with Gasteiger partial charge < -0.3 is 14.6 Å². The van der Waals surface area contributed by atoms with Crippen molar-refractivity contribution in [3.8, 4) is 5.88 Å². The molecule has 0 bridgehead atoms. The van der Waals surface area contributed by atoms with Crippen LogP contribution in [-0.4, -0.2) is 35.4 Å². The molecular formula is C11H13NO4. The number of carboxylic acid groups (broad SMARTS) is 1. The molecule has 2 heterocycles. The number of aromatic nitrogens is 1. The van der Waals surface area contributed by atoms with Crippen molar-refractivity contribution < 1.29 is 19.4 Å². The third kappa shape index (κ3) is 2.30. The molecule has 1 aromatic rings. The van der Waals surface area contributed by atoms with Crippen molar-refractivity contribution in [1.29, 1.82) is 0 Å². The summed E-state index contributed by atoms with van der Waals surface area (Å²) >= 11 is 0. The fourth-order valence-electron chi connectivity index (χ4n) is 1.38. The highest BCUT2D eigenvalue weighted by Crippen LogP contribution is 2.17. The Labute approximate surface area is 93.0 Å². The van der Waals surface area contributed by atoms with Crippen molar-refractivity contribution >= 4 is 5.97 Å². The van der Waals surface area contributed by atoms with Gasteiger partial charge in [-0.25, -0.2) is 9.78 Å². The molecule has 0 aliphatic carbocycles. The van der Waals surface area contributed by atoms with E-state index in [0.29, 0.717) is 25.5 Å². The van der Waals surface area contributed by atoms with Gasteiger partial charge in [-0.1, -0.05) is 6.92 Å². The van der Waals surface area contributed by atoms with Gasteiger partial charge in [0, 0.05) is 11.8 Å². The van der Waals surface area contributed by atoms with Crippen LogP contribution >= 0.6 is 0 Å². The van der Waals surface area contributed by atoms with Crippen molar-refractivity contribution in [3.63, 3.8) is 0 Å². The first-order valence-corrected chi connectivity index (χ1v) is 5.17. The molecule has 5 heteroatoms. The van der Waals surface area contributed by atoms with Gasteiger partial charge in [0.05, 0.1) is 18.8 Å². The summed E-state index contributed by atoms with van der Waals surface area (Å²) < 4.78 is 10.5. The average molecular weight is 223 g/mol. The van der Waals surface area contributed by atoms with E-state index >= 15 is 0 Å². The normalized spacial score (nSPS) is 15.6. The van der Waals surface area contributed by atoms with Gasteiger partial charge in [0.15, 0.2) is 0 Å². The van der Waals surface area contributed by atoms with Crippen LogP contribution in [-0.2, 0) is 11.2 Å². The van der Waals surface area contributed by atoms with E-state index in [1.165, 1.54) is 6.07 Å². The summed E-state index contributed by atoms with van der Waals surface area (Å²) in [6.45, 7) is 3.01. The highest BCUT2D eigenvalue weighted by Gasteiger charge is 2.21. The lowest BCUT2D eigenvalue weighted by Gasteiger charge is -2.26. The van der Waals surface area contributed by atoms with E-state index in [2.05, 4.69) is 4.98 Å². The van der Waals surface area contributed by atoms with Crippen LogP contribution in [0, 0.1) is 0 Å². The minimum atomic E-state index is -0.966. The third-order valence-electron chi connectivity index (χ3n) is 2.36. The molecule has 0 atom stereocenters. The van der Waals surface area contributed by atoms with Gasteiger partial charge in [-0.2, -0.15) is 0 Å². The summed E-state index contributed by atoms with van der Waals surface area (Å²) in [6, 6.07) is 3.01. The van der Waals surface area contributed by atoms with E-state index in [4.69, 9.17) is 14.6 Å². The van der Waals surface area contributed by atoms with Gasteiger partial charge in [-0.15, -0.1) is 0 Å². The zero-order valence-electron chi connectivity index (χ0n) is 8.97. The van der Waals surface area contributed by atoms with E-state index in [-0.39, 0.29) is 11.7 Å². The number of pyridine rings is 1. The Bertz CT molecular complexity index is 401. The molecule has 1 N–H and O–H groups in total. The van der Waals surface area contributed by atoms with E-state index in [0.717, 1.165) is 5.69 Å². The first-order valence-electron chi connectivity index (χ1n) is 5.17. The fourth-order valence-corrected chi connectivity index (χ4v) is 1.38. The standard InChI is InChI=1S/C11H13NO4/c1-2-8-3-7(11(13)14)4-10(12-8)16-9-5-15-6-9/h3-4,9H,2,5-6H2,1H3,(H,13,14). The Morgan fingerprint density at radius 1 is 1.62 bits per heavy atom. The number of nitrogens with zero attached hydrogens (tertiary/aromatic N) is 1. The molecule has 1 aliphatic heterocycles. The van der Waals surface area contributed by atoms with Crippen molar-refractivity contribution in [3.05, 3.63) is 23.4 Å². The van der Waals surface area contributed by atoms with Crippen LogP contribution in [0.25, 0.3) is 0 Å². The van der Waals surface area contributed by atoms with Gasteiger partial charge in [0.25, 0.3) is 0 Å². The molecule has 1 saturated heterocycles. The van der Waals surface area contributed by atoms with Crippen molar-refractivity contribution in [2.24, 2.45) is 0 Å². The van der Waals surface area contributed by atoms with Gasteiger partial charge in [-0.05, 0) is 12.5 Å². The summed E-state index contributed by atoms with van der Waals surface area (Å²) in [5, 5.41) is 8.93. The van der Waals surface area contributed by atoms with E-state index < -0.39 is 5.97 Å². The number of carboxylic acids is 1. The number of ether oxygens (including phenoxy) is 2. The van der Waals surface area contributed by atoms with Crippen LogP contribution < -0.4 is 4.74 Å². The van der Waals surface area contributed by atoms with E-state index in [1.54, 1.807) is 6.07 Å². The minimum absolute atomic E-state index is 0.00116. The predicted molar refractivity (Wildman–Crippen MR) is 55.8 cm³/mol. The molecule has 0 aromatic carbocycles. The highest BCUT2D eigenvalue weighted by molar-refractivity contribution is 5.88. The molecule has 0 amide bonds. The van der Waals surface area contributed by atoms with Gasteiger partial charge in [0.2, 0.25) is 5.88 Å². The molecule has 5 nitrogen and oxygen atoms in total. The Kier molecular flexibility index (Phi) is 3.05. The second-order valence-corrected chi connectivity index (χ2v) is 3.62. The lowest BCUT2D eigenvalue weighted by atomic mass is 10.2. The van der Waals surface area contributed by atoms with Crippen LogP contribution in [0.1, 0.15) is 23.0 Å². The molecule has 0 saturated carbocycles. The van der Waals surface area contributed by atoms with E-state index in [9.17, 15) is 4.79 Å². The number of carbonyl (C=O) groups is 1. The van der Waals surface area contributed by atoms with Crippen LogP contribution in [0.5, 0.6) is 5.88 Å². The van der Waals surface area contributed by atoms with Crippen LogP contribution in [0.2, 0.25) is 0 Å². The second-order valence-electron chi connectivity index (χ2n) is 3.62. The molecule has 1 aromatic heterocycles. The Morgan fingerprint density at radius 3 is 2.88 bits per heavy atom. The first kappa shape index (κ1) is 10.9. The third-order valence-corrected chi connectivity index (χ3v) is 2.36. The summed E-state index contributed by atoms with van der Waals surface area (Å²) in [4.78, 5) is 15.1. The topological polar surface area (TPSA) is 68.7 Å². The minimum Gasteiger partial charge on any atom is -0.478 e. The summed E-state index contributed by atoms with van der Waals surface area (Å²) in [5.74, 6) is -0.600. The van der Waals surface area contributed by atoms with Gasteiger partial charge in [0.1, 0.15) is 6.10 Å². The average Bonchev–Trinajstić information content (AvgIpc) is 2.23. The SMILES string of the molecule is CCc1cc(C(=O)O)cc(OC2COC2)n1. The summed E-state index contributed by atoms with van der Waals surface area (Å²) in [7, 11) is 0. The zero-order valence-corrected chi connectivity index (χ0v) is 8.97. The summed E-state index contributed by atoms with van der Waals surface area (Å²) in [5.41, 5.74) is 0.928. The molecule has 0 radical (unpaired) electrons. The maximum atomic E-state index is 10.9. The quantitative estimate of drug-likeness (QED) is 0.828. The molecule has 1 fully saturated rings. The molecule has 2 rings (SSSR count). The molecule has 1 aliphatic rings. The number of aromatic carboxylic acids is 1. The lowest BCUT2D eigenvalue weighted by molar-refractivity contribution is -0.0814. The smallest absolute Gasteiger partial charge is 0.335 e. The number of aryl methyl sites for hydroxylation is 1. The number of rotatable bonds is 4. The monoisotopic (exact) mass is 223 g/mol. The van der Waals surface area contributed by atoms with Crippen LogP contribution in [0.15, 0.2) is 12.1 Å². The van der Waals surface area contributed by atoms with Gasteiger partial charge >= 0.3 is 5.97 Å². The van der Waals surface area contributed by atoms with Crippen LogP contribution in [0.4, 0.5) is 0 Å². The largest absolute Gasteiger partial charge is 0.478 e. The van der Waals surface area contributed by atoms with Crippen LogP contribution in [0.3, 0.4) is 0 Å².